The highest BCUT2D eigenvalue weighted by Crippen LogP contribution is 2.20. The van der Waals surface area contributed by atoms with Crippen LogP contribution in [0.15, 0.2) is 63.8 Å². The highest BCUT2D eigenvalue weighted by molar-refractivity contribution is 5.97. The minimum absolute atomic E-state index is 0.00649. The van der Waals surface area contributed by atoms with Crippen molar-refractivity contribution in [2.45, 2.75) is 45.2 Å². The van der Waals surface area contributed by atoms with Crippen LogP contribution in [0.1, 0.15) is 49.2 Å². The van der Waals surface area contributed by atoms with Gasteiger partial charge in [-0.15, -0.1) is 0 Å². The molecule has 146 valence electrons. The summed E-state index contributed by atoms with van der Waals surface area (Å²) in [6.45, 7) is 7.77. The fourth-order valence-corrected chi connectivity index (χ4v) is 3.20. The van der Waals surface area contributed by atoms with Gasteiger partial charge in [-0.3, -0.25) is 4.79 Å². The van der Waals surface area contributed by atoms with Crippen molar-refractivity contribution < 1.29 is 9.21 Å². The van der Waals surface area contributed by atoms with Gasteiger partial charge < -0.3 is 15.5 Å². The maximum absolute atomic E-state index is 12.7. The van der Waals surface area contributed by atoms with Gasteiger partial charge >= 0.3 is 5.63 Å². The summed E-state index contributed by atoms with van der Waals surface area (Å²) in [5, 5.41) is 3.66. The third-order valence-electron chi connectivity index (χ3n) is 4.68. The molecule has 3 rings (SSSR count). The number of nitrogens with two attached hydrogens (primary N) is 1. The van der Waals surface area contributed by atoms with Crippen molar-refractivity contribution in [2.75, 3.05) is 0 Å². The van der Waals surface area contributed by atoms with E-state index in [0.29, 0.717) is 17.4 Å². The SMILES string of the molecule is CC(C)(Cc1ccc(C(C)(C)N)cc1)NC(=O)c1cc2ccccc2oc1=O. The number of benzene rings is 2. The van der Waals surface area contributed by atoms with Gasteiger partial charge in [0.25, 0.3) is 5.91 Å². The first kappa shape index (κ1) is 19.8. The largest absolute Gasteiger partial charge is 0.422 e. The van der Waals surface area contributed by atoms with E-state index in [4.69, 9.17) is 10.2 Å². The van der Waals surface area contributed by atoms with Crippen molar-refractivity contribution in [1.82, 2.24) is 5.32 Å². The van der Waals surface area contributed by atoms with E-state index in [9.17, 15) is 9.59 Å². The minimum Gasteiger partial charge on any atom is -0.422 e. The van der Waals surface area contributed by atoms with Gasteiger partial charge in [0, 0.05) is 16.5 Å². The topological polar surface area (TPSA) is 85.3 Å². The van der Waals surface area contributed by atoms with Crippen LogP contribution in [0.5, 0.6) is 0 Å². The van der Waals surface area contributed by atoms with E-state index < -0.39 is 22.6 Å². The fraction of sp³-hybridized carbons (Fsp3) is 0.304. The third-order valence-corrected chi connectivity index (χ3v) is 4.68. The molecule has 2 aromatic carbocycles. The van der Waals surface area contributed by atoms with Gasteiger partial charge in [-0.1, -0.05) is 42.5 Å². The van der Waals surface area contributed by atoms with Gasteiger partial charge in [0.15, 0.2) is 0 Å². The van der Waals surface area contributed by atoms with E-state index in [1.165, 1.54) is 0 Å². The molecule has 0 spiro atoms. The zero-order valence-electron chi connectivity index (χ0n) is 16.7. The fourth-order valence-electron chi connectivity index (χ4n) is 3.20. The van der Waals surface area contributed by atoms with Crippen molar-refractivity contribution in [3.05, 3.63) is 81.7 Å². The van der Waals surface area contributed by atoms with Crippen LogP contribution in [0.2, 0.25) is 0 Å². The number of para-hydroxylation sites is 1. The Balaban J connectivity index is 1.77. The summed E-state index contributed by atoms with van der Waals surface area (Å²) in [6, 6.07) is 16.7. The Morgan fingerprint density at radius 2 is 1.68 bits per heavy atom. The molecule has 0 unspecified atom stereocenters. The summed E-state index contributed by atoms with van der Waals surface area (Å²) in [5.74, 6) is -0.441. The van der Waals surface area contributed by atoms with Gasteiger partial charge in [-0.2, -0.15) is 0 Å². The lowest BCUT2D eigenvalue weighted by atomic mass is 9.90. The highest BCUT2D eigenvalue weighted by atomic mass is 16.4. The normalized spacial score (nSPS) is 12.2. The highest BCUT2D eigenvalue weighted by Gasteiger charge is 2.24. The molecule has 1 aromatic heterocycles. The molecular weight excluding hydrogens is 352 g/mol. The molecule has 0 radical (unpaired) electrons. The van der Waals surface area contributed by atoms with Gasteiger partial charge in [-0.05, 0) is 57.4 Å². The zero-order valence-corrected chi connectivity index (χ0v) is 16.7. The molecule has 0 atom stereocenters. The van der Waals surface area contributed by atoms with Crippen molar-refractivity contribution in [3.8, 4) is 0 Å². The molecule has 1 amide bonds. The van der Waals surface area contributed by atoms with Crippen molar-refractivity contribution in [2.24, 2.45) is 5.73 Å². The van der Waals surface area contributed by atoms with Crippen LogP contribution in [0.3, 0.4) is 0 Å². The number of hydrogen-bond acceptors (Lipinski definition) is 4. The summed E-state index contributed by atoms with van der Waals surface area (Å²) < 4.78 is 5.26. The lowest BCUT2D eigenvalue weighted by molar-refractivity contribution is 0.0909. The molecule has 5 heteroatoms. The van der Waals surface area contributed by atoms with E-state index >= 15 is 0 Å². The predicted molar refractivity (Wildman–Crippen MR) is 111 cm³/mol. The van der Waals surface area contributed by atoms with E-state index in [1.807, 2.05) is 58.0 Å². The first-order valence-corrected chi connectivity index (χ1v) is 9.29. The molecular formula is C23H26N2O3. The molecule has 0 saturated carbocycles. The van der Waals surface area contributed by atoms with Crippen LogP contribution in [0.4, 0.5) is 0 Å². The van der Waals surface area contributed by atoms with E-state index in [-0.39, 0.29) is 5.56 Å². The number of hydrogen-bond donors (Lipinski definition) is 2. The van der Waals surface area contributed by atoms with Crippen LogP contribution in [-0.2, 0) is 12.0 Å². The summed E-state index contributed by atoms with van der Waals surface area (Å²) >= 11 is 0. The molecule has 3 N–H and O–H groups in total. The Bertz CT molecular complexity index is 1060. The van der Waals surface area contributed by atoms with E-state index in [0.717, 1.165) is 11.1 Å². The first-order valence-electron chi connectivity index (χ1n) is 9.29. The number of amides is 1. The van der Waals surface area contributed by atoms with Crippen LogP contribution in [0, 0.1) is 0 Å². The van der Waals surface area contributed by atoms with Crippen molar-refractivity contribution in [3.63, 3.8) is 0 Å². The number of carbonyl (C=O) groups excluding carboxylic acids is 1. The van der Waals surface area contributed by atoms with Gasteiger partial charge in [0.2, 0.25) is 0 Å². The standard InChI is InChI=1S/C23H26N2O3/c1-22(2,14-15-9-11-17(12-10-15)23(3,4)24)25-20(26)18-13-16-7-5-6-8-19(16)28-21(18)27/h5-13H,14,24H2,1-4H3,(H,25,26). The second-order valence-corrected chi connectivity index (χ2v) is 8.42. The quantitative estimate of drug-likeness (QED) is 0.662. The lowest BCUT2D eigenvalue weighted by Crippen LogP contribution is -2.46. The second-order valence-electron chi connectivity index (χ2n) is 8.42. The van der Waals surface area contributed by atoms with Crippen LogP contribution >= 0.6 is 0 Å². The number of rotatable bonds is 5. The molecule has 0 bridgehead atoms. The Morgan fingerprint density at radius 1 is 1.04 bits per heavy atom. The minimum atomic E-state index is -0.637. The van der Waals surface area contributed by atoms with Gasteiger partial charge in [0.1, 0.15) is 11.1 Å². The average molecular weight is 378 g/mol. The molecule has 3 aromatic rings. The van der Waals surface area contributed by atoms with E-state index in [2.05, 4.69) is 5.32 Å². The molecule has 0 aliphatic carbocycles. The third kappa shape index (κ3) is 4.49. The Hall–Kier alpha value is -2.92. The van der Waals surface area contributed by atoms with Crippen LogP contribution < -0.4 is 16.7 Å². The molecule has 28 heavy (non-hydrogen) atoms. The van der Waals surface area contributed by atoms with Gasteiger partial charge in [0.05, 0.1) is 0 Å². The average Bonchev–Trinajstić information content (AvgIpc) is 2.60. The van der Waals surface area contributed by atoms with Crippen molar-refractivity contribution >= 4 is 16.9 Å². The van der Waals surface area contributed by atoms with Gasteiger partial charge in [-0.25, -0.2) is 4.79 Å². The molecule has 0 fully saturated rings. The second kappa shape index (κ2) is 7.24. The Kier molecular flexibility index (Phi) is 5.13. The summed E-state index contributed by atoms with van der Waals surface area (Å²) in [7, 11) is 0. The maximum atomic E-state index is 12.7. The monoisotopic (exact) mass is 378 g/mol. The Morgan fingerprint density at radius 3 is 2.32 bits per heavy atom. The van der Waals surface area contributed by atoms with Crippen LogP contribution in [-0.4, -0.2) is 11.4 Å². The molecule has 5 nitrogen and oxygen atoms in total. The Labute approximate surface area is 164 Å². The lowest BCUT2D eigenvalue weighted by Gasteiger charge is -2.27. The molecule has 0 saturated heterocycles. The molecule has 0 aliphatic heterocycles. The smallest absolute Gasteiger partial charge is 0.349 e. The predicted octanol–water partition coefficient (Wildman–Crippen LogP) is 3.74. The van der Waals surface area contributed by atoms with E-state index in [1.54, 1.807) is 24.3 Å². The number of nitrogens with one attached hydrogen (secondary N) is 1. The summed E-state index contributed by atoms with van der Waals surface area (Å²) in [4.78, 5) is 24.9. The summed E-state index contributed by atoms with van der Waals surface area (Å²) in [6.07, 6.45) is 0.614. The number of carbonyl (C=O) groups is 1. The number of fused-ring (bicyclic) bond motifs is 1. The van der Waals surface area contributed by atoms with Crippen molar-refractivity contribution in [1.29, 1.82) is 0 Å². The molecule has 0 aliphatic rings. The molecule has 1 heterocycles. The maximum Gasteiger partial charge on any atom is 0.349 e. The van der Waals surface area contributed by atoms with Crippen LogP contribution in [0.25, 0.3) is 11.0 Å². The summed E-state index contributed by atoms with van der Waals surface area (Å²) in [5.41, 5.74) is 7.13. The zero-order chi connectivity index (χ0) is 20.5. The first-order chi connectivity index (χ1) is 13.0.